The van der Waals surface area contributed by atoms with E-state index in [2.05, 4.69) is 25.1 Å². The monoisotopic (exact) mass is 473 g/mol. The number of hydrogen-bond donors (Lipinski definition) is 1. The van der Waals surface area contributed by atoms with Gasteiger partial charge in [-0.3, -0.25) is 9.50 Å². The van der Waals surface area contributed by atoms with Crippen molar-refractivity contribution in [3.05, 3.63) is 59.0 Å². The van der Waals surface area contributed by atoms with Crippen molar-refractivity contribution in [2.45, 2.75) is 40.7 Å². The summed E-state index contributed by atoms with van der Waals surface area (Å²) in [6.45, 7) is 11.9. The van der Waals surface area contributed by atoms with Crippen LogP contribution in [0.25, 0.3) is 17.2 Å². The molecular weight excluding hydrogens is 445 g/mol. The SMILES string of the molecule is CC.CC.Cc1[nH]ncc1C1CN(c2ccnc(-c3cnc4cc(F)c(Cl)cn34)n2)CCO1. The van der Waals surface area contributed by atoms with E-state index in [4.69, 9.17) is 21.3 Å². The van der Waals surface area contributed by atoms with E-state index in [1.165, 1.54) is 12.3 Å². The third kappa shape index (κ3) is 5.15. The zero-order valence-corrected chi connectivity index (χ0v) is 20.3. The predicted octanol–water partition coefficient (Wildman–Crippen LogP) is 5.25. The van der Waals surface area contributed by atoms with Gasteiger partial charge in [-0.1, -0.05) is 39.3 Å². The molecule has 1 aliphatic rings. The minimum absolute atomic E-state index is 0.0133. The summed E-state index contributed by atoms with van der Waals surface area (Å²) in [4.78, 5) is 15.5. The molecule has 1 saturated heterocycles. The maximum atomic E-state index is 13.7. The molecule has 33 heavy (non-hydrogen) atoms. The molecule has 4 aromatic rings. The maximum Gasteiger partial charge on any atom is 0.180 e. The molecule has 10 heteroatoms. The highest BCUT2D eigenvalue weighted by atomic mass is 35.5. The predicted molar refractivity (Wildman–Crippen MR) is 128 cm³/mol. The molecule has 5 rings (SSSR count). The van der Waals surface area contributed by atoms with Crippen molar-refractivity contribution in [3.63, 3.8) is 0 Å². The number of H-pyrrole nitrogens is 1. The van der Waals surface area contributed by atoms with Crippen molar-refractivity contribution >= 4 is 23.1 Å². The van der Waals surface area contributed by atoms with E-state index in [0.29, 0.717) is 36.9 Å². The summed E-state index contributed by atoms with van der Waals surface area (Å²) in [6.07, 6.45) is 6.52. The highest BCUT2D eigenvalue weighted by Crippen LogP contribution is 2.28. The van der Waals surface area contributed by atoms with Gasteiger partial charge in [0.25, 0.3) is 0 Å². The molecular formula is C23H29ClFN7O. The fourth-order valence-electron chi connectivity index (χ4n) is 3.52. The molecule has 0 saturated carbocycles. The molecule has 0 aromatic carbocycles. The Morgan fingerprint density at radius 1 is 1.18 bits per heavy atom. The number of morpholine rings is 1. The summed E-state index contributed by atoms with van der Waals surface area (Å²) < 4.78 is 21.3. The lowest BCUT2D eigenvalue weighted by atomic mass is 10.1. The fourth-order valence-corrected chi connectivity index (χ4v) is 3.67. The summed E-state index contributed by atoms with van der Waals surface area (Å²) >= 11 is 5.94. The molecule has 8 nitrogen and oxygen atoms in total. The minimum atomic E-state index is -0.514. The Kier molecular flexibility index (Phi) is 8.35. The molecule has 4 aromatic heterocycles. The number of imidazole rings is 1. The summed E-state index contributed by atoms with van der Waals surface area (Å²) in [5, 5.41) is 7.05. The van der Waals surface area contributed by atoms with Gasteiger partial charge >= 0.3 is 0 Å². The standard InChI is InChI=1S/C19H17ClFN7O.2C2H6/c1-11-12(7-24-26-11)16-10-27(4-5-29-16)17-2-3-22-19(25-17)15-8-23-18-6-14(21)13(20)9-28(15)18;2*1-2/h2-3,6-9,16H,4-5,10H2,1H3,(H,24,26);2*1-2H3. The Balaban J connectivity index is 0.000000728. The quantitative estimate of drug-likeness (QED) is 0.437. The maximum absolute atomic E-state index is 13.7. The van der Waals surface area contributed by atoms with Crippen LogP contribution in [-0.4, -0.2) is 49.2 Å². The molecule has 0 spiro atoms. The molecule has 1 aliphatic heterocycles. The minimum Gasteiger partial charge on any atom is -0.370 e. The lowest BCUT2D eigenvalue weighted by Crippen LogP contribution is -2.39. The second-order valence-electron chi connectivity index (χ2n) is 6.84. The van der Waals surface area contributed by atoms with Gasteiger partial charge in [-0.05, 0) is 13.0 Å². The molecule has 1 unspecified atom stereocenters. The first-order valence-corrected chi connectivity index (χ1v) is 11.5. The van der Waals surface area contributed by atoms with Crippen LogP contribution < -0.4 is 4.90 Å². The van der Waals surface area contributed by atoms with Crippen LogP contribution in [0.4, 0.5) is 10.2 Å². The van der Waals surface area contributed by atoms with E-state index in [1.807, 2.05) is 40.7 Å². The van der Waals surface area contributed by atoms with Gasteiger partial charge in [0.05, 0.1) is 24.0 Å². The van der Waals surface area contributed by atoms with Crippen LogP contribution >= 0.6 is 11.6 Å². The van der Waals surface area contributed by atoms with E-state index >= 15 is 0 Å². The number of fused-ring (bicyclic) bond motifs is 1. The van der Waals surface area contributed by atoms with E-state index in [1.54, 1.807) is 23.0 Å². The van der Waals surface area contributed by atoms with Gasteiger partial charge in [-0.25, -0.2) is 19.3 Å². The third-order valence-corrected chi connectivity index (χ3v) is 5.31. The Morgan fingerprint density at radius 2 is 1.97 bits per heavy atom. The summed E-state index contributed by atoms with van der Waals surface area (Å²) in [7, 11) is 0. The second kappa shape index (κ2) is 11.2. The number of pyridine rings is 1. The summed E-state index contributed by atoms with van der Waals surface area (Å²) in [5.74, 6) is 0.757. The number of rotatable bonds is 3. The number of aromatic nitrogens is 6. The van der Waals surface area contributed by atoms with Crippen LogP contribution in [-0.2, 0) is 4.74 Å². The number of halogens is 2. The van der Waals surface area contributed by atoms with Gasteiger partial charge in [-0.15, -0.1) is 0 Å². The number of hydrogen-bond acceptors (Lipinski definition) is 6. The van der Waals surface area contributed by atoms with Gasteiger partial charge in [0.2, 0.25) is 0 Å². The van der Waals surface area contributed by atoms with E-state index < -0.39 is 5.82 Å². The molecule has 0 amide bonds. The zero-order valence-electron chi connectivity index (χ0n) is 19.5. The fraction of sp³-hybridized carbons (Fsp3) is 0.391. The number of aromatic amines is 1. The van der Waals surface area contributed by atoms with Crippen molar-refractivity contribution in [1.82, 2.24) is 29.5 Å². The van der Waals surface area contributed by atoms with Crippen LogP contribution in [0.5, 0.6) is 0 Å². The van der Waals surface area contributed by atoms with Crippen molar-refractivity contribution in [2.24, 2.45) is 0 Å². The van der Waals surface area contributed by atoms with Crippen LogP contribution in [0.15, 0.2) is 36.9 Å². The van der Waals surface area contributed by atoms with Crippen LogP contribution in [0.3, 0.4) is 0 Å². The average Bonchev–Trinajstić information content (AvgIpc) is 3.48. The number of aryl methyl sites for hydroxylation is 1. The highest BCUT2D eigenvalue weighted by Gasteiger charge is 2.25. The summed E-state index contributed by atoms with van der Waals surface area (Å²) in [6, 6.07) is 3.15. The number of nitrogens with zero attached hydrogens (tertiary/aromatic N) is 6. The molecule has 176 valence electrons. The largest absolute Gasteiger partial charge is 0.370 e. The molecule has 5 heterocycles. The second-order valence-corrected chi connectivity index (χ2v) is 7.24. The van der Waals surface area contributed by atoms with Crippen LogP contribution in [0.1, 0.15) is 45.1 Å². The number of ether oxygens (including phenoxy) is 1. The molecule has 1 fully saturated rings. The van der Waals surface area contributed by atoms with Gasteiger partial charge in [0.1, 0.15) is 29.1 Å². The lowest BCUT2D eigenvalue weighted by Gasteiger charge is -2.33. The third-order valence-electron chi connectivity index (χ3n) is 5.03. The van der Waals surface area contributed by atoms with Crippen LogP contribution in [0, 0.1) is 12.7 Å². The normalized spacial score (nSPS) is 15.5. The van der Waals surface area contributed by atoms with Crippen molar-refractivity contribution in [1.29, 1.82) is 0 Å². The molecule has 1 N–H and O–H groups in total. The topological polar surface area (TPSA) is 84.2 Å². The molecule has 1 atom stereocenters. The van der Waals surface area contributed by atoms with Crippen LogP contribution in [0.2, 0.25) is 5.02 Å². The zero-order chi connectivity index (χ0) is 24.0. The molecule has 0 bridgehead atoms. The first-order chi connectivity index (χ1) is 16.1. The highest BCUT2D eigenvalue weighted by molar-refractivity contribution is 6.30. The first-order valence-electron chi connectivity index (χ1n) is 11.1. The molecule has 0 radical (unpaired) electrons. The number of anilines is 1. The number of nitrogens with one attached hydrogen (secondary N) is 1. The average molecular weight is 474 g/mol. The Labute approximate surface area is 197 Å². The summed E-state index contributed by atoms with van der Waals surface area (Å²) in [5.41, 5.74) is 3.12. The van der Waals surface area contributed by atoms with Gasteiger partial charge < -0.3 is 9.64 Å². The Morgan fingerprint density at radius 3 is 2.70 bits per heavy atom. The Hall–Kier alpha value is -3.04. The molecule has 0 aliphatic carbocycles. The Bertz CT molecular complexity index is 1190. The van der Waals surface area contributed by atoms with Crippen molar-refractivity contribution in [3.8, 4) is 11.5 Å². The smallest absolute Gasteiger partial charge is 0.180 e. The van der Waals surface area contributed by atoms with Crippen molar-refractivity contribution in [2.75, 3.05) is 24.6 Å². The van der Waals surface area contributed by atoms with Gasteiger partial charge in [0.15, 0.2) is 5.82 Å². The lowest BCUT2D eigenvalue weighted by molar-refractivity contribution is 0.0391. The van der Waals surface area contributed by atoms with E-state index in [-0.39, 0.29) is 11.1 Å². The van der Waals surface area contributed by atoms with Gasteiger partial charge in [0, 0.05) is 42.8 Å². The van der Waals surface area contributed by atoms with E-state index in [9.17, 15) is 4.39 Å². The van der Waals surface area contributed by atoms with E-state index in [0.717, 1.165) is 17.1 Å². The van der Waals surface area contributed by atoms with Crippen molar-refractivity contribution < 1.29 is 9.13 Å². The van der Waals surface area contributed by atoms with Gasteiger partial charge in [-0.2, -0.15) is 5.10 Å². The first kappa shape index (κ1) is 24.6.